The molecule has 30 heavy (non-hydrogen) atoms. The molecule has 10 heteroatoms. The fourth-order valence-electron chi connectivity index (χ4n) is 4.08. The average molecular weight is 401 g/mol. The van der Waals surface area contributed by atoms with Crippen LogP contribution in [0.1, 0.15) is 19.3 Å². The highest BCUT2D eigenvalue weighted by Crippen LogP contribution is 2.46. The summed E-state index contributed by atoms with van der Waals surface area (Å²) in [5.74, 6) is -0.825. The van der Waals surface area contributed by atoms with E-state index < -0.39 is 11.5 Å². The fraction of sp³-hybridized carbons (Fsp3) is 0.300. The molecule has 1 aliphatic carbocycles. The third-order valence-corrected chi connectivity index (χ3v) is 5.64. The van der Waals surface area contributed by atoms with Gasteiger partial charge < -0.3 is 0 Å². The van der Waals surface area contributed by atoms with Crippen molar-refractivity contribution in [3.05, 3.63) is 43.0 Å². The van der Waals surface area contributed by atoms with E-state index in [1.807, 2.05) is 13.2 Å². The molecular formula is C20H16FN9. The first-order valence-electron chi connectivity index (χ1n) is 9.39. The number of hydrogen-bond donors (Lipinski definition) is 0. The lowest BCUT2D eigenvalue weighted by atomic mass is 9.67. The third kappa shape index (κ3) is 2.65. The van der Waals surface area contributed by atoms with Gasteiger partial charge in [0, 0.05) is 25.0 Å². The van der Waals surface area contributed by atoms with Crippen molar-refractivity contribution in [1.82, 2.24) is 34.2 Å². The summed E-state index contributed by atoms with van der Waals surface area (Å²) in [4.78, 5) is 4.68. The fourth-order valence-corrected chi connectivity index (χ4v) is 4.08. The van der Waals surface area contributed by atoms with Crippen LogP contribution in [0.25, 0.3) is 28.0 Å². The van der Waals surface area contributed by atoms with E-state index in [1.54, 1.807) is 40.1 Å². The largest absolute Gasteiger partial charge is 0.275 e. The molecule has 1 fully saturated rings. The lowest BCUT2D eigenvalue weighted by Gasteiger charge is -2.43. The van der Waals surface area contributed by atoms with E-state index in [2.05, 4.69) is 32.4 Å². The van der Waals surface area contributed by atoms with Gasteiger partial charge in [-0.05, 0) is 18.9 Å². The van der Waals surface area contributed by atoms with Gasteiger partial charge in [0.2, 0.25) is 5.95 Å². The molecule has 1 aliphatic rings. The lowest BCUT2D eigenvalue weighted by molar-refractivity contribution is 0.0860. The Morgan fingerprint density at radius 3 is 2.77 bits per heavy atom. The normalized spacial score (nSPS) is 20.6. The first kappa shape index (κ1) is 18.0. The Hall–Kier alpha value is -4.05. The molecule has 0 bridgehead atoms. The first-order valence-corrected chi connectivity index (χ1v) is 9.39. The van der Waals surface area contributed by atoms with Crippen molar-refractivity contribution in [2.75, 3.05) is 0 Å². The highest BCUT2D eigenvalue weighted by molar-refractivity contribution is 5.78. The van der Waals surface area contributed by atoms with E-state index >= 15 is 4.39 Å². The minimum Gasteiger partial charge on any atom is -0.275 e. The van der Waals surface area contributed by atoms with Crippen LogP contribution < -0.4 is 0 Å². The topological polar surface area (TPSA) is 113 Å². The second kappa shape index (κ2) is 6.49. The van der Waals surface area contributed by atoms with E-state index in [0.717, 1.165) is 5.56 Å². The number of nitriles is 2. The van der Waals surface area contributed by atoms with Crippen LogP contribution in [0.5, 0.6) is 0 Å². The van der Waals surface area contributed by atoms with Gasteiger partial charge in [0.15, 0.2) is 0 Å². The van der Waals surface area contributed by atoms with E-state index in [4.69, 9.17) is 5.26 Å². The zero-order valence-electron chi connectivity index (χ0n) is 16.1. The van der Waals surface area contributed by atoms with Crippen LogP contribution >= 0.6 is 0 Å². The van der Waals surface area contributed by atoms with Crippen molar-refractivity contribution in [2.24, 2.45) is 13.0 Å². The molecule has 9 nitrogen and oxygen atoms in total. The predicted octanol–water partition coefficient (Wildman–Crippen LogP) is 2.67. The minimum atomic E-state index is -0.674. The van der Waals surface area contributed by atoms with Crippen LogP contribution in [0.3, 0.4) is 0 Å². The van der Waals surface area contributed by atoms with E-state index in [-0.39, 0.29) is 17.9 Å². The Bertz CT molecular complexity index is 1340. The maximum Gasteiger partial charge on any atom is 0.242 e. The summed E-state index contributed by atoms with van der Waals surface area (Å²) in [5.41, 5.74) is 1.98. The van der Waals surface area contributed by atoms with E-state index in [0.29, 0.717) is 29.7 Å². The average Bonchev–Trinajstić information content (AvgIpc) is 3.43. The summed E-state index contributed by atoms with van der Waals surface area (Å²) in [5, 5.41) is 30.9. The summed E-state index contributed by atoms with van der Waals surface area (Å²) in [6.45, 7) is 0. The van der Waals surface area contributed by atoms with Crippen LogP contribution in [-0.2, 0) is 12.6 Å². The molecule has 0 amide bonds. The lowest BCUT2D eigenvalue weighted by Crippen LogP contribution is -2.46. The van der Waals surface area contributed by atoms with E-state index in [9.17, 15) is 5.26 Å². The number of aromatic nitrogens is 7. The van der Waals surface area contributed by atoms with Gasteiger partial charge in [-0.15, -0.1) is 5.10 Å². The van der Waals surface area contributed by atoms with Crippen LogP contribution in [0.15, 0.2) is 37.1 Å². The molecule has 4 aromatic heterocycles. The van der Waals surface area contributed by atoms with Crippen molar-refractivity contribution in [2.45, 2.75) is 24.8 Å². The van der Waals surface area contributed by atoms with E-state index in [1.165, 1.54) is 4.68 Å². The monoisotopic (exact) mass is 401 g/mol. The van der Waals surface area contributed by atoms with Crippen molar-refractivity contribution in [3.63, 3.8) is 0 Å². The molecule has 148 valence electrons. The maximum atomic E-state index is 15.0. The Kier molecular flexibility index (Phi) is 3.90. The molecule has 0 N–H and O–H groups in total. The molecule has 0 radical (unpaired) electrons. The van der Waals surface area contributed by atoms with Gasteiger partial charge in [-0.3, -0.25) is 9.36 Å². The highest BCUT2D eigenvalue weighted by atomic mass is 19.1. The molecule has 4 aromatic rings. The quantitative estimate of drug-likeness (QED) is 0.519. The van der Waals surface area contributed by atoms with Crippen LogP contribution in [0, 0.1) is 34.5 Å². The Morgan fingerprint density at radius 2 is 2.07 bits per heavy atom. The Balaban J connectivity index is 1.64. The molecule has 0 atom stereocenters. The van der Waals surface area contributed by atoms with Crippen LogP contribution in [0.2, 0.25) is 0 Å². The number of rotatable bonds is 4. The molecular weight excluding hydrogens is 385 g/mol. The molecule has 1 saturated carbocycles. The first-order chi connectivity index (χ1) is 14.5. The second-order valence-electron chi connectivity index (χ2n) is 7.61. The van der Waals surface area contributed by atoms with Gasteiger partial charge in [0.05, 0.1) is 65.4 Å². The van der Waals surface area contributed by atoms with Gasteiger partial charge in [-0.2, -0.15) is 25.1 Å². The van der Waals surface area contributed by atoms with Crippen LogP contribution in [-0.4, -0.2) is 34.2 Å². The van der Waals surface area contributed by atoms with Crippen molar-refractivity contribution in [1.29, 1.82) is 10.5 Å². The number of fused-ring (bicyclic) bond motifs is 1. The van der Waals surface area contributed by atoms with Gasteiger partial charge in [-0.1, -0.05) is 0 Å². The molecule has 0 saturated heterocycles. The number of nitrogens with zero attached hydrogens (tertiary/aromatic N) is 9. The number of hydrogen-bond acceptors (Lipinski definition) is 6. The molecule has 5 rings (SSSR count). The number of halogens is 1. The summed E-state index contributed by atoms with van der Waals surface area (Å²) >= 11 is 0. The third-order valence-electron chi connectivity index (χ3n) is 5.64. The number of aryl methyl sites for hydroxylation is 1. The molecule has 4 heterocycles. The molecule has 0 aliphatic heterocycles. The second-order valence-corrected chi connectivity index (χ2v) is 7.61. The minimum absolute atomic E-state index is 0.150. The summed E-state index contributed by atoms with van der Waals surface area (Å²) < 4.78 is 19.8. The van der Waals surface area contributed by atoms with Gasteiger partial charge in [0.1, 0.15) is 5.69 Å². The van der Waals surface area contributed by atoms with Crippen molar-refractivity contribution >= 4 is 5.52 Å². The molecule has 0 spiro atoms. The summed E-state index contributed by atoms with van der Waals surface area (Å²) in [7, 11) is 1.81. The Labute approximate surface area is 170 Å². The predicted molar refractivity (Wildman–Crippen MR) is 103 cm³/mol. The standard InChI is InChI=1S/C20H16FN9/c1-28-10-14(9-25-28)16-12-29-17(2-5-24-29)18(26-16)15-11-30(27-19(15)21)20(3-4-22)6-13(7-20)8-23/h2,5,9-13H,3,6-7H2,1H3/t13-,20+. The smallest absolute Gasteiger partial charge is 0.242 e. The molecule has 0 unspecified atom stereocenters. The zero-order chi connectivity index (χ0) is 20.9. The Morgan fingerprint density at radius 1 is 1.23 bits per heavy atom. The zero-order valence-corrected chi connectivity index (χ0v) is 16.1. The van der Waals surface area contributed by atoms with Gasteiger partial charge >= 0.3 is 0 Å². The highest BCUT2D eigenvalue weighted by Gasteiger charge is 2.47. The van der Waals surface area contributed by atoms with Crippen molar-refractivity contribution in [3.8, 4) is 34.7 Å². The van der Waals surface area contributed by atoms with Gasteiger partial charge in [0.25, 0.3) is 0 Å². The summed E-state index contributed by atoms with van der Waals surface area (Å²) in [6, 6.07) is 6.11. The summed E-state index contributed by atoms with van der Waals surface area (Å²) in [6.07, 6.45) is 9.58. The van der Waals surface area contributed by atoms with Gasteiger partial charge in [-0.25, -0.2) is 9.50 Å². The molecule has 0 aromatic carbocycles. The van der Waals surface area contributed by atoms with Crippen molar-refractivity contribution < 1.29 is 4.39 Å². The SMILES string of the molecule is Cn1cc(-c2cn3nccc3c(-c3cn([C@]4(CC#N)C[C@H](C#N)C4)nc3F)n2)cn1. The van der Waals surface area contributed by atoms with Crippen LogP contribution in [0.4, 0.5) is 4.39 Å². The maximum absolute atomic E-state index is 15.0.